The largest absolute Gasteiger partial charge is 0.495 e. The van der Waals surface area contributed by atoms with E-state index in [-0.39, 0.29) is 5.91 Å². The molecule has 0 fully saturated rings. The van der Waals surface area contributed by atoms with Crippen LogP contribution in [0.2, 0.25) is 5.02 Å². The lowest BCUT2D eigenvalue weighted by Gasteiger charge is -2.11. The van der Waals surface area contributed by atoms with E-state index in [0.717, 1.165) is 10.5 Å². The van der Waals surface area contributed by atoms with Gasteiger partial charge in [-0.2, -0.15) is 0 Å². The third-order valence-electron chi connectivity index (χ3n) is 2.91. The Hall–Kier alpha value is -1.91. The van der Waals surface area contributed by atoms with Crippen LogP contribution in [0.4, 0.5) is 5.69 Å². The second-order valence-corrected chi connectivity index (χ2v) is 5.91. The number of thioether (sulfide) groups is 1. The molecule has 0 aromatic heterocycles. The van der Waals surface area contributed by atoms with Crippen LogP contribution in [0.15, 0.2) is 58.8 Å². The van der Waals surface area contributed by atoms with E-state index in [4.69, 9.17) is 16.3 Å². The molecule has 114 valence electrons. The molecule has 2 rings (SSSR count). The quantitative estimate of drug-likeness (QED) is 0.624. The van der Waals surface area contributed by atoms with Crippen molar-refractivity contribution in [3.8, 4) is 5.75 Å². The smallest absolute Gasteiger partial charge is 0.248 e. The molecule has 3 nitrogen and oxygen atoms in total. The molecule has 0 saturated heterocycles. The molecule has 1 amide bonds. The number of rotatable bonds is 5. The molecule has 0 radical (unpaired) electrons. The van der Waals surface area contributed by atoms with Crippen LogP contribution < -0.4 is 10.1 Å². The van der Waals surface area contributed by atoms with Crippen molar-refractivity contribution in [3.63, 3.8) is 0 Å². The summed E-state index contributed by atoms with van der Waals surface area (Å²) in [6, 6.07) is 13.3. The Morgan fingerprint density at radius 2 is 2.00 bits per heavy atom. The van der Waals surface area contributed by atoms with Crippen LogP contribution in [0.1, 0.15) is 5.56 Å². The van der Waals surface area contributed by atoms with Gasteiger partial charge in [-0.05, 0) is 36.1 Å². The normalized spacial score (nSPS) is 10.7. The molecule has 1 N–H and O–H groups in total. The summed E-state index contributed by atoms with van der Waals surface area (Å²) < 4.78 is 5.23. The van der Waals surface area contributed by atoms with Crippen molar-refractivity contribution in [2.45, 2.75) is 11.8 Å². The number of methoxy groups -OCH3 is 1. The van der Waals surface area contributed by atoms with Gasteiger partial charge in [0.05, 0.1) is 12.8 Å². The van der Waals surface area contributed by atoms with Gasteiger partial charge in [-0.1, -0.05) is 41.6 Å². The fourth-order valence-electron chi connectivity index (χ4n) is 1.78. The lowest BCUT2D eigenvalue weighted by Crippen LogP contribution is -2.09. The van der Waals surface area contributed by atoms with Crippen molar-refractivity contribution >= 4 is 35.0 Å². The van der Waals surface area contributed by atoms with E-state index in [0.29, 0.717) is 16.5 Å². The second-order valence-electron chi connectivity index (χ2n) is 4.52. The highest BCUT2D eigenvalue weighted by Gasteiger charge is 2.08. The van der Waals surface area contributed by atoms with E-state index in [1.165, 1.54) is 24.9 Å². The topological polar surface area (TPSA) is 38.3 Å². The van der Waals surface area contributed by atoms with Gasteiger partial charge in [0.15, 0.2) is 0 Å². The number of hydrogen-bond acceptors (Lipinski definition) is 3. The highest BCUT2D eigenvalue weighted by Crippen LogP contribution is 2.31. The average molecular weight is 334 g/mol. The summed E-state index contributed by atoms with van der Waals surface area (Å²) >= 11 is 7.52. The second kappa shape index (κ2) is 7.92. The maximum Gasteiger partial charge on any atom is 0.248 e. The lowest BCUT2D eigenvalue weighted by molar-refractivity contribution is -0.111. The lowest BCUT2D eigenvalue weighted by atomic mass is 10.2. The van der Waals surface area contributed by atoms with Gasteiger partial charge in [0, 0.05) is 22.1 Å². The molecular formula is C17H16ClNO2S. The van der Waals surface area contributed by atoms with Crippen LogP contribution in [-0.4, -0.2) is 13.0 Å². The number of ether oxygens (including phenoxy) is 1. The van der Waals surface area contributed by atoms with Gasteiger partial charge >= 0.3 is 0 Å². The van der Waals surface area contributed by atoms with Crippen molar-refractivity contribution in [1.82, 2.24) is 0 Å². The minimum absolute atomic E-state index is 0.219. The van der Waals surface area contributed by atoms with Gasteiger partial charge < -0.3 is 10.1 Å². The first kappa shape index (κ1) is 16.5. The molecule has 5 heteroatoms. The Labute approximate surface area is 139 Å². The third-order valence-corrected chi connectivity index (χ3v) is 4.13. The van der Waals surface area contributed by atoms with Gasteiger partial charge in [-0.15, -0.1) is 0 Å². The number of anilines is 1. The van der Waals surface area contributed by atoms with Crippen LogP contribution in [0, 0.1) is 6.92 Å². The van der Waals surface area contributed by atoms with Gasteiger partial charge in [0.2, 0.25) is 5.91 Å². The summed E-state index contributed by atoms with van der Waals surface area (Å²) in [6.45, 7) is 1.87. The van der Waals surface area contributed by atoms with Crippen LogP contribution in [0.3, 0.4) is 0 Å². The minimum atomic E-state index is -0.219. The highest BCUT2D eigenvalue weighted by molar-refractivity contribution is 8.02. The first-order valence-electron chi connectivity index (χ1n) is 6.63. The van der Waals surface area contributed by atoms with E-state index >= 15 is 0 Å². The summed E-state index contributed by atoms with van der Waals surface area (Å²) in [6.07, 6.45) is 1.49. The molecule has 2 aromatic carbocycles. The molecule has 0 aliphatic rings. The molecule has 0 heterocycles. The van der Waals surface area contributed by atoms with Gasteiger partial charge in [-0.25, -0.2) is 0 Å². The van der Waals surface area contributed by atoms with E-state index < -0.39 is 0 Å². The standard InChI is InChI=1S/C17H16ClNO2S/c1-12-10-15(16(21-2)11-14(12)18)19-17(20)8-9-22-13-6-4-3-5-7-13/h3-11H,1-2H3,(H,19,20)/b9-8+. The summed E-state index contributed by atoms with van der Waals surface area (Å²) in [5, 5.41) is 5.14. The van der Waals surface area contributed by atoms with E-state index in [1.54, 1.807) is 17.5 Å². The number of carbonyl (C=O) groups excluding carboxylic acids is 1. The molecular weight excluding hydrogens is 318 g/mol. The zero-order chi connectivity index (χ0) is 15.9. The summed E-state index contributed by atoms with van der Waals surface area (Å²) in [5.74, 6) is 0.316. The zero-order valence-electron chi connectivity index (χ0n) is 12.3. The van der Waals surface area contributed by atoms with Crippen LogP contribution in [0.25, 0.3) is 0 Å². The molecule has 0 atom stereocenters. The number of hydrogen-bond donors (Lipinski definition) is 1. The molecule has 0 bridgehead atoms. The average Bonchev–Trinajstić information content (AvgIpc) is 2.51. The Morgan fingerprint density at radius 3 is 2.68 bits per heavy atom. The van der Waals surface area contributed by atoms with Crippen LogP contribution in [0.5, 0.6) is 5.75 Å². The van der Waals surface area contributed by atoms with Crippen molar-refractivity contribution in [2.75, 3.05) is 12.4 Å². The van der Waals surface area contributed by atoms with Crippen LogP contribution >= 0.6 is 23.4 Å². The third kappa shape index (κ3) is 4.55. The predicted octanol–water partition coefficient (Wildman–Crippen LogP) is 4.90. The fourth-order valence-corrected chi connectivity index (χ4v) is 2.59. The van der Waals surface area contributed by atoms with Crippen molar-refractivity contribution in [2.24, 2.45) is 0 Å². The Balaban J connectivity index is 2.01. The number of nitrogens with one attached hydrogen (secondary N) is 1. The molecule has 0 unspecified atom stereocenters. The van der Waals surface area contributed by atoms with E-state index in [1.807, 2.05) is 37.3 Å². The maximum atomic E-state index is 12.0. The molecule has 0 aliphatic carbocycles. The van der Waals surface area contributed by atoms with Gasteiger partial charge in [0.1, 0.15) is 5.75 Å². The van der Waals surface area contributed by atoms with Gasteiger partial charge in [0.25, 0.3) is 0 Å². The van der Waals surface area contributed by atoms with Crippen LogP contribution in [-0.2, 0) is 4.79 Å². The summed E-state index contributed by atoms with van der Waals surface area (Å²) in [7, 11) is 1.54. The molecule has 0 aliphatic heterocycles. The van der Waals surface area contributed by atoms with Crippen molar-refractivity contribution in [3.05, 3.63) is 64.5 Å². The first-order valence-corrected chi connectivity index (χ1v) is 7.89. The monoisotopic (exact) mass is 333 g/mol. The maximum absolute atomic E-state index is 12.0. The summed E-state index contributed by atoms with van der Waals surface area (Å²) in [5.41, 5.74) is 1.48. The SMILES string of the molecule is COc1cc(Cl)c(C)cc1NC(=O)/C=C/Sc1ccccc1. The number of aryl methyl sites for hydroxylation is 1. The zero-order valence-corrected chi connectivity index (χ0v) is 13.9. The van der Waals surface area contributed by atoms with Crippen molar-refractivity contribution < 1.29 is 9.53 Å². The van der Waals surface area contributed by atoms with Gasteiger partial charge in [-0.3, -0.25) is 4.79 Å². The van der Waals surface area contributed by atoms with E-state index in [2.05, 4.69) is 5.32 Å². The summed E-state index contributed by atoms with van der Waals surface area (Å²) in [4.78, 5) is 13.0. The van der Waals surface area contributed by atoms with Crippen molar-refractivity contribution in [1.29, 1.82) is 0 Å². The molecule has 0 spiro atoms. The highest BCUT2D eigenvalue weighted by atomic mass is 35.5. The molecule has 0 saturated carbocycles. The Kier molecular flexibility index (Phi) is 5.92. The molecule has 2 aromatic rings. The number of carbonyl (C=O) groups is 1. The number of amides is 1. The number of halogens is 1. The minimum Gasteiger partial charge on any atom is -0.495 e. The van der Waals surface area contributed by atoms with E-state index in [9.17, 15) is 4.79 Å². The Bertz CT molecular complexity index is 687. The molecule has 22 heavy (non-hydrogen) atoms. The number of benzene rings is 2. The fraction of sp³-hybridized carbons (Fsp3) is 0.118. The first-order chi connectivity index (χ1) is 10.6. The predicted molar refractivity (Wildman–Crippen MR) is 92.8 cm³/mol. The Morgan fingerprint density at radius 1 is 1.27 bits per heavy atom.